The van der Waals surface area contributed by atoms with Crippen molar-refractivity contribution in [3.8, 4) is 5.75 Å². The molecule has 0 heterocycles. The zero-order valence-corrected chi connectivity index (χ0v) is 13.9. The summed E-state index contributed by atoms with van der Waals surface area (Å²) in [6.07, 6.45) is 0.582. The highest BCUT2D eigenvalue weighted by Crippen LogP contribution is 2.44. The van der Waals surface area contributed by atoms with Gasteiger partial charge in [-0.05, 0) is 67.7 Å². The fourth-order valence-electron chi connectivity index (χ4n) is 3.46. The molecular formula is C19H21F3O3. The van der Waals surface area contributed by atoms with Crippen LogP contribution < -0.4 is 4.74 Å². The second kappa shape index (κ2) is 7.10. The third-order valence-corrected chi connectivity index (χ3v) is 4.86. The minimum absolute atomic E-state index is 0.0130. The van der Waals surface area contributed by atoms with Crippen molar-refractivity contribution in [2.24, 2.45) is 5.92 Å². The summed E-state index contributed by atoms with van der Waals surface area (Å²) in [4.78, 5) is 10.6. The van der Waals surface area contributed by atoms with Crippen LogP contribution in [0, 0.1) is 5.92 Å². The monoisotopic (exact) mass is 354 g/mol. The van der Waals surface area contributed by atoms with Gasteiger partial charge >= 0.3 is 12.1 Å². The van der Waals surface area contributed by atoms with Crippen molar-refractivity contribution in [3.63, 3.8) is 0 Å². The van der Waals surface area contributed by atoms with Crippen molar-refractivity contribution in [2.75, 3.05) is 6.61 Å². The van der Waals surface area contributed by atoms with Crippen LogP contribution in [-0.2, 0) is 17.4 Å². The predicted molar refractivity (Wildman–Crippen MR) is 86.5 cm³/mol. The van der Waals surface area contributed by atoms with E-state index in [4.69, 9.17) is 9.84 Å². The van der Waals surface area contributed by atoms with Gasteiger partial charge in [-0.25, -0.2) is 0 Å². The van der Waals surface area contributed by atoms with E-state index in [2.05, 4.69) is 0 Å². The summed E-state index contributed by atoms with van der Waals surface area (Å²) in [5, 5.41) is 8.69. The molecule has 0 unspecified atom stereocenters. The van der Waals surface area contributed by atoms with Crippen molar-refractivity contribution in [1.82, 2.24) is 0 Å². The Morgan fingerprint density at radius 3 is 2.64 bits per heavy atom. The normalized spacial score (nSPS) is 17.9. The Labute approximate surface area is 144 Å². The molecule has 1 saturated carbocycles. The standard InChI is InChI=1S/C19H21F3O3/c20-19(21,22)17-10-15(8-6-13(17)7-9-18(23)24)25-11-14-2-1-3-16(14)12-4-5-12/h6,8,10,12H,1-5,7,9,11H2,(H,23,24). The molecule has 0 aromatic heterocycles. The first-order chi connectivity index (χ1) is 11.8. The number of halogens is 3. The molecular weight excluding hydrogens is 333 g/mol. The number of alkyl halides is 3. The number of carboxylic acids is 1. The van der Waals surface area contributed by atoms with Crippen LogP contribution in [0.2, 0.25) is 0 Å². The molecule has 0 aliphatic heterocycles. The summed E-state index contributed by atoms with van der Waals surface area (Å²) in [5.41, 5.74) is 1.87. The quantitative estimate of drug-likeness (QED) is 0.702. The van der Waals surface area contributed by atoms with Crippen LogP contribution in [0.5, 0.6) is 5.75 Å². The van der Waals surface area contributed by atoms with Crippen LogP contribution in [0.25, 0.3) is 0 Å². The van der Waals surface area contributed by atoms with Gasteiger partial charge in [0.2, 0.25) is 0 Å². The van der Waals surface area contributed by atoms with Crippen molar-refractivity contribution in [2.45, 2.75) is 51.1 Å². The van der Waals surface area contributed by atoms with Crippen molar-refractivity contribution in [1.29, 1.82) is 0 Å². The molecule has 0 amide bonds. The lowest BCUT2D eigenvalue weighted by Crippen LogP contribution is -2.11. The number of hydrogen-bond acceptors (Lipinski definition) is 2. The molecule has 0 bridgehead atoms. The molecule has 1 aromatic carbocycles. The minimum Gasteiger partial charge on any atom is -0.489 e. The molecule has 1 aromatic rings. The summed E-state index contributed by atoms with van der Waals surface area (Å²) in [7, 11) is 0. The maximum atomic E-state index is 13.3. The smallest absolute Gasteiger partial charge is 0.416 e. The topological polar surface area (TPSA) is 46.5 Å². The van der Waals surface area contributed by atoms with Gasteiger partial charge < -0.3 is 9.84 Å². The Bertz CT molecular complexity index is 688. The molecule has 3 rings (SSSR count). The van der Waals surface area contributed by atoms with Gasteiger partial charge in [0.05, 0.1) is 5.56 Å². The number of allylic oxidation sites excluding steroid dienone is 1. The summed E-state index contributed by atoms with van der Waals surface area (Å²) in [6, 6.07) is 3.81. The largest absolute Gasteiger partial charge is 0.489 e. The van der Waals surface area contributed by atoms with E-state index in [-0.39, 0.29) is 24.2 Å². The molecule has 0 atom stereocenters. The second-order valence-electron chi connectivity index (χ2n) is 6.76. The fraction of sp³-hybridized carbons (Fsp3) is 0.526. The van der Waals surface area contributed by atoms with E-state index in [1.807, 2.05) is 0 Å². The van der Waals surface area contributed by atoms with Crippen molar-refractivity contribution >= 4 is 5.97 Å². The highest BCUT2D eigenvalue weighted by Gasteiger charge is 2.34. The number of aryl methyl sites for hydroxylation is 1. The molecule has 136 valence electrons. The minimum atomic E-state index is -4.53. The van der Waals surface area contributed by atoms with Crippen LogP contribution in [0.4, 0.5) is 13.2 Å². The maximum Gasteiger partial charge on any atom is 0.416 e. The summed E-state index contributed by atoms with van der Waals surface area (Å²) in [6.45, 7) is 0.345. The number of carbonyl (C=O) groups is 1. The van der Waals surface area contributed by atoms with Crippen LogP contribution in [0.3, 0.4) is 0 Å². The van der Waals surface area contributed by atoms with E-state index in [0.717, 1.165) is 25.3 Å². The van der Waals surface area contributed by atoms with Gasteiger partial charge in [0, 0.05) is 6.42 Å². The highest BCUT2D eigenvalue weighted by atomic mass is 19.4. The molecule has 0 spiro atoms. The molecule has 0 saturated heterocycles. The Hall–Kier alpha value is -1.98. The predicted octanol–water partition coefficient (Wildman–Crippen LogP) is 4.99. The number of ether oxygens (including phenoxy) is 1. The van der Waals surface area contributed by atoms with E-state index in [1.54, 1.807) is 0 Å². The molecule has 0 radical (unpaired) electrons. The first kappa shape index (κ1) is 17.8. The Balaban J connectivity index is 1.73. The van der Waals surface area contributed by atoms with Crippen molar-refractivity contribution in [3.05, 3.63) is 40.5 Å². The Morgan fingerprint density at radius 2 is 2.00 bits per heavy atom. The molecule has 1 N–H and O–H groups in total. The van der Waals surface area contributed by atoms with E-state index >= 15 is 0 Å². The Morgan fingerprint density at radius 1 is 1.24 bits per heavy atom. The van der Waals surface area contributed by atoms with Gasteiger partial charge in [-0.15, -0.1) is 0 Å². The van der Waals surface area contributed by atoms with E-state index in [0.29, 0.717) is 12.5 Å². The van der Waals surface area contributed by atoms with E-state index < -0.39 is 17.7 Å². The average Bonchev–Trinajstić information content (AvgIpc) is 3.28. The van der Waals surface area contributed by atoms with Crippen molar-refractivity contribution < 1.29 is 27.8 Å². The average molecular weight is 354 g/mol. The number of hydrogen-bond donors (Lipinski definition) is 1. The summed E-state index contributed by atoms with van der Waals surface area (Å²) < 4.78 is 45.4. The first-order valence-corrected chi connectivity index (χ1v) is 8.60. The van der Waals surface area contributed by atoms with E-state index in [1.165, 1.54) is 36.1 Å². The number of aliphatic carboxylic acids is 1. The third-order valence-electron chi connectivity index (χ3n) is 4.86. The molecule has 3 nitrogen and oxygen atoms in total. The van der Waals surface area contributed by atoms with Gasteiger partial charge in [-0.1, -0.05) is 11.6 Å². The lowest BCUT2D eigenvalue weighted by molar-refractivity contribution is -0.140. The molecule has 2 aliphatic rings. The molecule has 1 fully saturated rings. The fourth-order valence-corrected chi connectivity index (χ4v) is 3.46. The second-order valence-corrected chi connectivity index (χ2v) is 6.76. The lowest BCUT2D eigenvalue weighted by atomic mass is 10.0. The third kappa shape index (κ3) is 4.55. The Kier molecular flexibility index (Phi) is 5.06. The van der Waals surface area contributed by atoms with Gasteiger partial charge in [-0.2, -0.15) is 13.2 Å². The van der Waals surface area contributed by atoms with Gasteiger partial charge in [-0.3, -0.25) is 4.79 Å². The van der Waals surface area contributed by atoms with Crippen LogP contribution in [-0.4, -0.2) is 17.7 Å². The SMILES string of the molecule is O=C(O)CCc1ccc(OCC2=C(C3CC3)CCC2)cc1C(F)(F)F. The van der Waals surface area contributed by atoms with Gasteiger partial charge in [0.1, 0.15) is 12.4 Å². The molecule has 25 heavy (non-hydrogen) atoms. The number of rotatable bonds is 7. The van der Waals surface area contributed by atoms with Gasteiger partial charge in [0.15, 0.2) is 0 Å². The van der Waals surface area contributed by atoms with Gasteiger partial charge in [0.25, 0.3) is 0 Å². The number of benzene rings is 1. The zero-order valence-electron chi connectivity index (χ0n) is 13.9. The lowest BCUT2D eigenvalue weighted by Gasteiger charge is -2.15. The number of carboxylic acid groups (broad SMARTS) is 1. The summed E-state index contributed by atoms with van der Waals surface area (Å²) in [5.74, 6) is -0.264. The molecule has 2 aliphatic carbocycles. The van der Waals surface area contributed by atoms with Crippen LogP contribution in [0.1, 0.15) is 49.7 Å². The summed E-state index contributed by atoms with van der Waals surface area (Å²) >= 11 is 0. The maximum absolute atomic E-state index is 13.3. The molecule has 6 heteroatoms. The first-order valence-electron chi connectivity index (χ1n) is 8.60. The van der Waals surface area contributed by atoms with E-state index in [9.17, 15) is 18.0 Å². The highest BCUT2D eigenvalue weighted by molar-refractivity contribution is 5.67. The van der Waals surface area contributed by atoms with Crippen LogP contribution >= 0.6 is 0 Å². The van der Waals surface area contributed by atoms with Crippen LogP contribution in [0.15, 0.2) is 29.3 Å². The zero-order chi connectivity index (χ0) is 18.0.